The molecule has 146 valence electrons. The summed E-state index contributed by atoms with van der Waals surface area (Å²) in [4.78, 5) is 0. The molecule has 0 saturated carbocycles. The van der Waals surface area contributed by atoms with Crippen LogP contribution in [-0.2, 0) is 0 Å². The SMILES string of the molecule is CC(C)Oc1cc(C(O)C(N)c2ccc(Cl)c(Cl)c2)ccc1-c1ccccc1. The minimum absolute atomic E-state index is 0.00130. The summed E-state index contributed by atoms with van der Waals surface area (Å²) in [7, 11) is 0. The van der Waals surface area contributed by atoms with Gasteiger partial charge in [0.15, 0.2) is 0 Å². The number of rotatable bonds is 6. The van der Waals surface area contributed by atoms with Gasteiger partial charge < -0.3 is 15.6 Å². The lowest BCUT2D eigenvalue weighted by Crippen LogP contribution is -2.20. The van der Waals surface area contributed by atoms with Gasteiger partial charge in [-0.3, -0.25) is 0 Å². The second-order valence-corrected chi connectivity index (χ2v) is 7.75. The molecule has 2 unspecified atom stereocenters. The average molecular weight is 416 g/mol. The molecular weight excluding hydrogens is 393 g/mol. The summed E-state index contributed by atoms with van der Waals surface area (Å²) in [5.74, 6) is 0.707. The summed E-state index contributed by atoms with van der Waals surface area (Å²) in [5.41, 5.74) is 9.70. The molecule has 0 aliphatic rings. The molecule has 0 fully saturated rings. The van der Waals surface area contributed by atoms with Gasteiger partial charge in [0, 0.05) is 5.56 Å². The van der Waals surface area contributed by atoms with Gasteiger partial charge in [-0.1, -0.05) is 71.7 Å². The molecule has 0 saturated heterocycles. The molecule has 0 radical (unpaired) electrons. The summed E-state index contributed by atoms with van der Waals surface area (Å²) in [5, 5.41) is 11.7. The maximum Gasteiger partial charge on any atom is 0.127 e. The third-order valence-electron chi connectivity index (χ3n) is 4.46. The smallest absolute Gasteiger partial charge is 0.127 e. The van der Waals surface area contributed by atoms with Crippen molar-refractivity contribution in [3.63, 3.8) is 0 Å². The Morgan fingerprint density at radius 2 is 1.54 bits per heavy atom. The van der Waals surface area contributed by atoms with Crippen LogP contribution in [0.4, 0.5) is 0 Å². The first-order valence-corrected chi connectivity index (χ1v) is 9.87. The highest BCUT2D eigenvalue weighted by Crippen LogP contribution is 2.36. The predicted molar refractivity (Wildman–Crippen MR) is 116 cm³/mol. The zero-order valence-electron chi connectivity index (χ0n) is 15.8. The first-order chi connectivity index (χ1) is 13.4. The van der Waals surface area contributed by atoms with Crippen LogP contribution in [0.2, 0.25) is 10.0 Å². The van der Waals surface area contributed by atoms with Crippen molar-refractivity contribution in [2.75, 3.05) is 0 Å². The molecule has 28 heavy (non-hydrogen) atoms. The molecule has 0 aliphatic carbocycles. The van der Waals surface area contributed by atoms with Crippen LogP contribution < -0.4 is 10.5 Å². The van der Waals surface area contributed by atoms with Gasteiger partial charge in [0.05, 0.1) is 28.3 Å². The highest BCUT2D eigenvalue weighted by molar-refractivity contribution is 6.42. The summed E-state index contributed by atoms with van der Waals surface area (Å²) in [6.45, 7) is 3.94. The normalized spacial score (nSPS) is 13.4. The van der Waals surface area contributed by atoms with E-state index in [2.05, 4.69) is 0 Å². The summed E-state index contributed by atoms with van der Waals surface area (Å²) >= 11 is 12.1. The molecule has 0 bridgehead atoms. The molecule has 3 aromatic rings. The van der Waals surface area contributed by atoms with Crippen LogP contribution in [0, 0.1) is 0 Å². The number of nitrogens with two attached hydrogens (primary N) is 1. The molecular formula is C23H23Cl2NO2. The predicted octanol–water partition coefficient (Wildman–Crippen LogP) is 6.18. The van der Waals surface area contributed by atoms with Gasteiger partial charge in [0.2, 0.25) is 0 Å². The van der Waals surface area contributed by atoms with Crippen LogP contribution in [0.15, 0.2) is 66.7 Å². The molecule has 3 N–H and O–H groups in total. The Hall–Kier alpha value is -2.04. The quantitative estimate of drug-likeness (QED) is 0.505. The fourth-order valence-corrected chi connectivity index (χ4v) is 3.35. The van der Waals surface area contributed by atoms with E-state index < -0.39 is 12.1 Å². The summed E-state index contributed by atoms with van der Waals surface area (Å²) in [6, 6.07) is 20.2. The Bertz CT molecular complexity index is 945. The van der Waals surface area contributed by atoms with E-state index in [4.69, 9.17) is 33.7 Å². The molecule has 2 atom stereocenters. The van der Waals surface area contributed by atoms with E-state index in [-0.39, 0.29) is 6.10 Å². The molecule has 0 aromatic heterocycles. The van der Waals surface area contributed by atoms with E-state index in [9.17, 15) is 5.11 Å². The van der Waals surface area contributed by atoms with Crippen LogP contribution in [-0.4, -0.2) is 11.2 Å². The van der Waals surface area contributed by atoms with Crippen LogP contribution in [0.5, 0.6) is 5.75 Å². The van der Waals surface area contributed by atoms with E-state index in [1.807, 2.05) is 62.4 Å². The fraction of sp³-hybridized carbons (Fsp3) is 0.217. The number of aliphatic hydroxyl groups is 1. The zero-order valence-corrected chi connectivity index (χ0v) is 17.3. The largest absolute Gasteiger partial charge is 0.490 e. The van der Waals surface area contributed by atoms with Gasteiger partial charge in [-0.05, 0) is 48.7 Å². The Morgan fingerprint density at radius 3 is 2.18 bits per heavy atom. The number of halogens is 2. The number of ether oxygens (including phenoxy) is 1. The highest BCUT2D eigenvalue weighted by Gasteiger charge is 2.21. The van der Waals surface area contributed by atoms with E-state index in [0.29, 0.717) is 26.9 Å². The van der Waals surface area contributed by atoms with Gasteiger partial charge in [0.1, 0.15) is 5.75 Å². The molecule has 0 aliphatic heterocycles. The van der Waals surface area contributed by atoms with Crippen LogP contribution in [0.25, 0.3) is 11.1 Å². The van der Waals surface area contributed by atoms with Crippen molar-refractivity contribution in [3.05, 3.63) is 87.9 Å². The summed E-state index contributed by atoms with van der Waals surface area (Å²) < 4.78 is 6.02. The van der Waals surface area contributed by atoms with Crippen molar-refractivity contribution in [1.29, 1.82) is 0 Å². The van der Waals surface area contributed by atoms with Crippen molar-refractivity contribution < 1.29 is 9.84 Å². The van der Waals surface area contributed by atoms with E-state index >= 15 is 0 Å². The lowest BCUT2D eigenvalue weighted by atomic mass is 9.94. The highest BCUT2D eigenvalue weighted by atomic mass is 35.5. The second kappa shape index (κ2) is 8.97. The Labute approximate surface area is 175 Å². The van der Waals surface area contributed by atoms with Crippen molar-refractivity contribution in [2.45, 2.75) is 32.1 Å². The minimum Gasteiger partial charge on any atom is -0.490 e. The molecule has 3 aromatic carbocycles. The monoisotopic (exact) mass is 415 g/mol. The minimum atomic E-state index is -0.920. The van der Waals surface area contributed by atoms with Crippen LogP contribution in [0.3, 0.4) is 0 Å². The summed E-state index contributed by atoms with van der Waals surface area (Å²) in [6.07, 6.45) is -0.921. The van der Waals surface area contributed by atoms with E-state index in [0.717, 1.165) is 11.1 Å². The maximum absolute atomic E-state index is 10.9. The Kier molecular flexibility index (Phi) is 6.63. The first-order valence-electron chi connectivity index (χ1n) is 9.11. The number of hydrogen-bond donors (Lipinski definition) is 2. The molecule has 5 heteroatoms. The molecule has 0 heterocycles. The van der Waals surface area contributed by atoms with Crippen molar-refractivity contribution in [1.82, 2.24) is 0 Å². The first kappa shape index (κ1) is 20.7. The average Bonchev–Trinajstić information content (AvgIpc) is 2.69. The molecule has 0 spiro atoms. The maximum atomic E-state index is 10.9. The van der Waals surface area contributed by atoms with Gasteiger partial charge >= 0.3 is 0 Å². The topological polar surface area (TPSA) is 55.5 Å². The van der Waals surface area contributed by atoms with E-state index in [1.165, 1.54) is 0 Å². The zero-order chi connectivity index (χ0) is 20.3. The van der Waals surface area contributed by atoms with Gasteiger partial charge in [0.25, 0.3) is 0 Å². The Balaban J connectivity index is 1.95. The standard InChI is InChI=1S/C23H23Cl2NO2/c1-14(2)28-21-13-17(8-10-18(21)15-6-4-3-5-7-15)23(27)22(26)16-9-11-19(24)20(25)12-16/h3-14,22-23,27H,26H2,1-2H3. The van der Waals surface area contributed by atoms with Gasteiger partial charge in [-0.25, -0.2) is 0 Å². The Morgan fingerprint density at radius 1 is 0.857 bits per heavy atom. The third-order valence-corrected chi connectivity index (χ3v) is 5.20. The van der Waals surface area contributed by atoms with Gasteiger partial charge in [-0.15, -0.1) is 0 Å². The van der Waals surface area contributed by atoms with E-state index in [1.54, 1.807) is 18.2 Å². The lowest BCUT2D eigenvalue weighted by Gasteiger charge is -2.22. The van der Waals surface area contributed by atoms with Crippen molar-refractivity contribution in [3.8, 4) is 16.9 Å². The molecule has 3 nitrogen and oxygen atoms in total. The number of aliphatic hydroxyl groups excluding tert-OH is 1. The third kappa shape index (κ3) is 4.68. The number of benzene rings is 3. The lowest BCUT2D eigenvalue weighted by molar-refractivity contribution is 0.146. The molecule has 3 rings (SSSR count). The molecule has 0 amide bonds. The fourth-order valence-electron chi connectivity index (χ4n) is 3.04. The van der Waals surface area contributed by atoms with Gasteiger partial charge in [-0.2, -0.15) is 0 Å². The number of hydrogen-bond acceptors (Lipinski definition) is 3. The van der Waals surface area contributed by atoms with Crippen molar-refractivity contribution in [2.24, 2.45) is 5.73 Å². The van der Waals surface area contributed by atoms with Crippen LogP contribution >= 0.6 is 23.2 Å². The van der Waals surface area contributed by atoms with Crippen molar-refractivity contribution >= 4 is 23.2 Å². The van der Waals surface area contributed by atoms with Crippen LogP contribution in [0.1, 0.15) is 37.1 Å². The second-order valence-electron chi connectivity index (χ2n) is 6.93.